The van der Waals surface area contributed by atoms with Gasteiger partial charge >= 0.3 is 6.18 Å². The molecule has 2 atom stereocenters. The molecule has 0 amide bonds. The van der Waals surface area contributed by atoms with Crippen molar-refractivity contribution in [3.05, 3.63) is 35.9 Å². The maximum absolute atomic E-state index is 12.3. The second-order valence-corrected chi connectivity index (χ2v) is 5.07. The highest BCUT2D eigenvalue weighted by atomic mass is 19.4. The van der Waals surface area contributed by atoms with Crippen molar-refractivity contribution in [2.24, 2.45) is 0 Å². The normalized spacial score (nSPS) is 23.3. The Morgan fingerprint density at radius 3 is 2.58 bits per heavy atom. The average molecular weight is 273 g/mol. The molecule has 1 aromatic carbocycles. The van der Waals surface area contributed by atoms with E-state index in [0.29, 0.717) is 13.1 Å². The van der Waals surface area contributed by atoms with Crippen LogP contribution < -0.4 is 0 Å². The molecule has 1 fully saturated rings. The maximum atomic E-state index is 12.3. The van der Waals surface area contributed by atoms with Crippen LogP contribution in [0.3, 0.4) is 0 Å². The summed E-state index contributed by atoms with van der Waals surface area (Å²) in [6.45, 7) is 0.875. The number of nitrogens with zero attached hydrogens (tertiary/aromatic N) is 1. The van der Waals surface area contributed by atoms with Crippen LogP contribution >= 0.6 is 0 Å². The zero-order valence-electron chi connectivity index (χ0n) is 10.6. The van der Waals surface area contributed by atoms with Crippen LogP contribution in [0.2, 0.25) is 0 Å². The fourth-order valence-corrected chi connectivity index (χ4v) is 2.57. The molecular formula is C14H18F3NO. The van der Waals surface area contributed by atoms with Crippen molar-refractivity contribution >= 4 is 0 Å². The Balaban J connectivity index is 1.94. The molecular weight excluding hydrogens is 255 g/mol. The van der Waals surface area contributed by atoms with Crippen LogP contribution in [0.15, 0.2) is 30.3 Å². The zero-order chi connectivity index (χ0) is 13.9. The second kappa shape index (κ2) is 5.92. The molecule has 0 bridgehead atoms. The van der Waals surface area contributed by atoms with Crippen LogP contribution in [0, 0.1) is 0 Å². The summed E-state index contributed by atoms with van der Waals surface area (Å²) in [6.07, 6.45) is -4.92. The summed E-state index contributed by atoms with van der Waals surface area (Å²) in [6, 6.07) is 9.83. The van der Waals surface area contributed by atoms with Gasteiger partial charge in [-0.15, -0.1) is 0 Å². The summed E-state index contributed by atoms with van der Waals surface area (Å²) in [5.74, 6) is 0.260. The predicted molar refractivity (Wildman–Crippen MR) is 66.9 cm³/mol. The van der Waals surface area contributed by atoms with E-state index in [1.54, 1.807) is 4.90 Å². The van der Waals surface area contributed by atoms with Crippen molar-refractivity contribution in [3.63, 3.8) is 0 Å². The summed E-state index contributed by atoms with van der Waals surface area (Å²) in [5, 5.41) is 9.13. The molecule has 106 valence electrons. The fourth-order valence-electron chi connectivity index (χ4n) is 2.57. The number of hydrogen-bond acceptors (Lipinski definition) is 2. The van der Waals surface area contributed by atoms with E-state index >= 15 is 0 Å². The molecule has 0 aromatic heterocycles. The Morgan fingerprint density at radius 1 is 1.26 bits per heavy atom. The molecule has 1 heterocycles. The third-order valence-corrected chi connectivity index (χ3v) is 3.59. The number of alkyl halides is 3. The van der Waals surface area contributed by atoms with E-state index in [0.717, 1.165) is 18.4 Å². The lowest BCUT2D eigenvalue weighted by molar-refractivity contribution is -0.208. The Hall–Kier alpha value is -1.07. The molecule has 2 unspecified atom stereocenters. The van der Waals surface area contributed by atoms with Gasteiger partial charge < -0.3 is 5.11 Å². The van der Waals surface area contributed by atoms with Crippen LogP contribution in [0.4, 0.5) is 13.2 Å². The van der Waals surface area contributed by atoms with Crippen molar-refractivity contribution < 1.29 is 18.3 Å². The van der Waals surface area contributed by atoms with Gasteiger partial charge in [-0.2, -0.15) is 13.2 Å². The van der Waals surface area contributed by atoms with Crippen molar-refractivity contribution in [1.29, 1.82) is 0 Å². The van der Waals surface area contributed by atoms with Gasteiger partial charge in [0.25, 0.3) is 0 Å². The molecule has 0 spiro atoms. The number of piperidine rings is 1. The third kappa shape index (κ3) is 3.94. The number of halogens is 3. The minimum Gasteiger partial charge on any atom is -0.382 e. The van der Waals surface area contributed by atoms with Gasteiger partial charge in [0.2, 0.25) is 0 Å². The number of benzene rings is 1. The molecule has 19 heavy (non-hydrogen) atoms. The Morgan fingerprint density at radius 2 is 1.95 bits per heavy atom. The van der Waals surface area contributed by atoms with Gasteiger partial charge in [0.15, 0.2) is 6.10 Å². The van der Waals surface area contributed by atoms with E-state index < -0.39 is 12.3 Å². The fraction of sp³-hybridized carbons (Fsp3) is 0.571. The number of aliphatic hydroxyl groups is 1. The second-order valence-electron chi connectivity index (χ2n) is 5.07. The standard InChI is InChI=1S/C14H18F3NO/c15-14(16,17)13(19)10-18-8-4-7-12(9-18)11-5-2-1-3-6-11/h1-3,5-6,12-13,19H,4,7-10H2. The van der Waals surface area contributed by atoms with Crippen molar-refractivity contribution in [2.45, 2.75) is 31.0 Å². The van der Waals surface area contributed by atoms with Crippen molar-refractivity contribution in [1.82, 2.24) is 4.90 Å². The largest absolute Gasteiger partial charge is 0.415 e. The molecule has 1 aliphatic rings. The smallest absolute Gasteiger partial charge is 0.382 e. The Bertz CT molecular complexity index is 393. The molecule has 1 N–H and O–H groups in total. The van der Waals surface area contributed by atoms with Gasteiger partial charge in [-0.25, -0.2) is 0 Å². The molecule has 0 saturated carbocycles. The van der Waals surface area contributed by atoms with Gasteiger partial charge in [-0.3, -0.25) is 4.90 Å². The van der Waals surface area contributed by atoms with Crippen LogP contribution in [0.25, 0.3) is 0 Å². The lowest BCUT2D eigenvalue weighted by atomic mass is 9.90. The number of aliphatic hydroxyl groups excluding tert-OH is 1. The minimum atomic E-state index is -4.53. The van der Waals surface area contributed by atoms with Crippen molar-refractivity contribution in [2.75, 3.05) is 19.6 Å². The topological polar surface area (TPSA) is 23.5 Å². The summed E-state index contributed by atoms with van der Waals surface area (Å²) in [7, 11) is 0. The summed E-state index contributed by atoms with van der Waals surface area (Å²) >= 11 is 0. The van der Waals surface area contributed by atoms with E-state index in [1.807, 2.05) is 30.3 Å². The summed E-state index contributed by atoms with van der Waals surface area (Å²) in [4.78, 5) is 1.71. The predicted octanol–water partition coefficient (Wildman–Crippen LogP) is 2.79. The highest BCUT2D eigenvalue weighted by molar-refractivity contribution is 5.20. The Labute approximate surface area is 110 Å². The number of likely N-dealkylation sites (tertiary alicyclic amines) is 1. The van der Waals surface area contributed by atoms with E-state index in [2.05, 4.69) is 0 Å². The first-order valence-corrected chi connectivity index (χ1v) is 6.49. The maximum Gasteiger partial charge on any atom is 0.415 e. The van der Waals surface area contributed by atoms with E-state index in [-0.39, 0.29) is 12.5 Å². The molecule has 2 nitrogen and oxygen atoms in total. The van der Waals surface area contributed by atoms with Gasteiger partial charge in [0.05, 0.1) is 0 Å². The van der Waals surface area contributed by atoms with Crippen LogP contribution in [0.1, 0.15) is 24.3 Å². The molecule has 2 rings (SSSR count). The van der Waals surface area contributed by atoms with Gasteiger partial charge in [-0.05, 0) is 30.9 Å². The SMILES string of the molecule is OC(CN1CCCC(c2ccccc2)C1)C(F)(F)F. The number of hydrogen-bond donors (Lipinski definition) is 1. The lowest BCUT2D eigenvalue weighted by Crippen LogP contribution is -2.44. The molecule has 1 aliphatic heterocycles. The highest BCUT2D eigenvalue weighted by Gasteiger charge is 2.39. The van der Waals surface area contributed by atoms with E-state index in [1.165, 1.54) is 0 Å². The van der Waals surface area contributed by atoms with Gasteiger partial charge in [-0.1, -0.05) is 30.3 Å². The first-order valence-electron chi connectivity index (χ1n) is 6.49. The van der Waals surface area contributed by atoms with E-state index in [4.69, 9.17) is 5.11 Å². The number of β-amino-alcohol motifs (C(OH)–C–C–N with tert-alkyl or cyclic N) is 1. The van der Waals surface area contributed by atoms with E-state index in [9.17, 15) is 13.2 Å². The van der Waals surface area contributed by atoms with Crippen LogP contribution in [-0.2, 0) is 0 Å². The zero-order valence-corrected chi connectivity index (χ0v) is 10.6. The molecule has 1 aromatic rings. The lowest BCUT2D eigenvalue weighted by Gasteiger charge is -2.34. The van der Waals surface area contributed by atoms with Crippen molar-refractivity contribution in [3.8, 4) is 0 Å². The average Bonchev–Trinajstić information content (AvgIpc) is 2.39. The third-order valence-electron chi connectivity index (χ3n) is 3.59. The molecule has 0 radical (unpaired) electrons. The highest BCUT2D eigenvalue weighted by Crippen LogP contribution is 2.28. The quantitative estimate of drug-likeness (QED) is 0.915. The van der Waals surface area contributed by atoms with Crippen LogP contribution in [-0.4, -0.2) is 41.9 Å². The number of rotatable bonds is 3. The minimum absolute atomic E-state index is 0.260. The molecule has 1 saturated heterocycles. The molecule has 0 aliphatic carbocycles. The molecule has 5 heteroatoms. The van der Waals surface area contributed by atoms with Crippen LogP contribution in [0.5, 0.6) is 0 Å². The summed E-state index contributed by atoms with van der Waals surface area (Å²) < 4.78 is 37.0. The first kappa shape index (κ1) is 14.3. The van der Waals surface area contributed by atoms with Gasteiger partial charge in [0.1, 0.15) is 0 Å². The first-order chi connectivity index (χ1) is 8.97. The Kier molecular flexibility index (Phi) is 4.47. The van der Waals surface area contributed by atoms with Gasteiger partial charge in [0, 0.05) is 13.1 Å². The summed E-state index contributed by atoms with van der Waals surface area (Å²) in [5.41, 5.74) is 1.16. The monoisotopic (exact) mass is 273 g/mol.